The molecule has 1 aromatic rings. The predicted molar refractivity (Wildman–Crippen MR) is 127 cm³/mol. The second-order valence-electron chi connectivity index (χ2n) is 11.8. The first-order valence-corrected chi connectivity index (χ1v) is 12.5. The van der Waals surface area contributed by atoms with Crippen molar-refractivity contribution in [3.8, 4) is 0 Å². The van der Waals surface area contributed by atoms with E-state index in [9.17, 15) is 9.59 Å². The van der Waals surface area contributed by atoms with E-state index in [1.165, 1.54) is 19.3 Å². The molecule has 2 rings (SSSR count). The first-order valence-electron chi connectivity index (χ1n) is 12.5. The molecule has 1 saturated carbocycles. The zero-order valence-corrected chi connectivity index (χ0v) is 21.3. The van der Waals surface area contributed by atoms with E-state index in [4.69, 9.17) is 4.74 Å². The minimum absolute atomic E-state index is 0.236. The van der Waals surface area contributed by atoms with Gasteiger partial charge < -0.3 is 4.74 Å². The fourth-order valence-electron chi connectivity index (χ4n) is 4.54. The monoisotopic (exact) mass is 447 g/mol. The summed E-state index contributed by atoms with van der Waals surface area (Å²) in [7, 11) is 0. The largest absolute Gasteiger partial charge is 0.380 e. The standard InChI is InChI=1S/C26H45N3O3/c1-25(2,3)18-20-9-11-21(12-10-20)23(30)14-13-22-19-29(28-27-22)15-17-32-16-7-8-24(31)26(4,5)6/h19-21H,7-18H2,1-6H3. The molecule has 6 heteroatoms. The van der Waals surface area contributed by atoms with Gasteiger partial charge in [0, 0.05) is 43.4 Å². The lowest BCUT2D eigenvalue weighted by molar-refractivity contribution is -0.126. The number of nitrogens with zero attached hydrogens (tertiary/aromatic N) is 3. The molecule has 32 heavy (non-hydrogen) atoms. The molecule has 6 nitrogen and oxygen atoms in total. The molecule has 0 unspecified atom stereocenters. The Labute approximate surface area is 194 Å². The van der Waals surface area contributed by atoms with Gasteiger partial charge in [0.15, 0.2) is 0 Å². The van der Waals surface area contributed by atoms with Crippen molar-refractivity contribution in [3.05, 3.63) is 11.9 Å². The Morgan fingerprint density at radius 3 is 2.34 bits per heavy atom. The van der Waals surface area contributed by atoms with Crippen LogP contribution in [0.5, 0.6) is 0 Å². The number of hydrogen-bond donors (Lipinski definition) is 0. The van der Waals surface area contributed by atoms with Crippen LogP contribution in [0.4, 0.5) is 0 Å². The lowest BCUT2D eigenvalue weighted by Gasteiger charge is -2.32. The van der Waals surface area contributed by atoms with Gasteiger partial charge in [-0.1, -0.05) is 46.8 Å². The van der Waals surface area contributed by atoms with Gasteiger partial charge in [-0.05, 0) is 49.9 Å². The summed E-state index contributed by atoms with van der Waals surface area (Å²) >= 11 is 0. The van der Waals surface area contributed by atoms with Crippen molar-refractivity contribution in [1.82, 2.24) is 15.0 Å². The van der Waals surface area contributed by atoms with Crippen molar-refractivity contribution in [2.75, 3.05) is 13.2 Å². The number of ketones is 2. The van der Waals surface area contributed by atoms with E-state index >= 15 is 0 Å². The molecule has 1 aromatic heterocycles. The summed E-state index contributed by atoms with van der Waals surface area (Å²) in [5, 5.41) is 8.36. The van der Waals surface area contributed by atoms with Gasteiger partial charge in [-0.3, -0.25) is 9.59 Å². The summed E-state index contributed by atoms with van der Waals surface area (Å²) in [6, 6.07) is 0. The highest BCUT2D eigenvalue weighted by Gasteiger charge is 2.28. The van der Waals surface area contributed by atoms with E-state index in [0.717, 1.165) is 30.9 Å². The van der Waals surface area contributed by atoms with Crippen molar-refractivity contribution in [3.63, 3.8) is 0 Å². The quantitative estimate of drug-likeness (QED) is 0.399. The Hall–Kier alpha value is -1.56. The highest BCUT2D eigenvalue weighted by Crippen LogP contribution is 2.37. The second kappa shape index (κ2) is 12.1. The molecular formula is C26H45N3O3. The minimum atomic E-state index is -0.274. The Morgan fingerprint density at radius 2 is 1.72 bits per heavy atom. The van der Waals surface area contributed by atoms with Crippen molar-refractivity contribution in [2.45, 2.75) is 106 Å². The van der Waals surface area contributed by atoms with Crippen LogP contribution in [0.25, 0.3) is 0 Å². The van der Waals surface area contributed by atoms with E-state index in [2.05, 4.69) is 31.1 Å². The lowest BCUT2D eigenvalue weighted by atomic mass is 9.73. The van der Waals surface area contributed by atoms with Crippen molar-refractivity contribution in [2.24, 2.45) is 22.7 Å². The van der Waals surface area contributed by atoms with E-state index in [0.29, 0.717) is 50.2 Å². The number of aryl methyl sites for hydroxylation is 1. The smallest absolute Gasteiger partial charge is 0.138 e. The molecule has 0 amide bonds. The van der Waals surface area contributed by atoms with Gasteiger partial charge in [0.25, 0.3) is 0 Å². The summed E-state index contributed by atoms with van der Waals surface area (Å²) in [5.41, 5.74) is 0.976. The number of carbonyl (C=O) groups is 2. The average Bonchev–Trinajstić information content (AvgIpc) is 3.15. The number of ether oxygens (including phenoxy) is 1. The normalized spacial score (nSPS) is 19.8. The molecule has 182 valence electrons. The van der Waals surface area contributed by atoms with Crippen LogP contribution in [0.15, 0.2) is 6.20 Å². The van der Waals surface area contributed by atoms with Crippen LogP contribution in [-0.4, -0.2) is 39.8 Å². The van der Waals surface area contributed by atoms with Crippen LogP contribution >= 0.6 is 0 Å². The maximum atomic E-state index is 12.7. The zero-order chi connectivity index (χ0) is 23.8. The summed E-state index contributed by atoms with van der Waals surface area (Å²) in [5.74, 6) is 1.68. The number of aromatic nitrogens is 3. The molecule has 0 radical (unpaired) electrons. The molecule has 0 saturated heterocycles. The molecule has 0 atom stereocenters. The van der Waals surface area contributed by atoms with Crippen LogP contribution in [0.1, 0.15) is 98.6 Å². The average molecular weight is 448 g/mol. The van der Waals surface area contributed by atoms with Gasteiger partial charge in [-0.2, -0.15) is 0 Å². The molecule has 0 bridgehead atoms. The van der Waals surface area contributed by atoms with Gasteiger partial charge >= 0.3 is 0 Å². The molecule has 1 aliphatic rings. The predicted octanol–water partition coefficient (Wildman–Crippen LogP) is 5.43. The zero-order valence-electron chi connectivity index (χ0n) is 21.3. The highest BCUT2D eigenvalue weighted by atomic mass is 16.5. The van der Waals surface area contributed by atoms with Gasteiger partial charge in [0.2, 0.25) is 0 Å². The SMILES string of the molecule is CC(C)(C)CC1CCC(C(=O)CCc2cn(CCOCCCC(=O)C(C)(C)C)nn2)CC1. The third kappa shape index (κ3) is 9.93. The molecule has 0 aliphatic heterocycles. The molecule has 0 N–H and O–H groups in total. The first kappa shape index (κ1) is 26.7. The van der Waals surface area contributed by atoms with Crippen LogP contribution in [0.2, 0.25) is 0 Å². The van der Waals surface area contributed by atoms with Crippen molar-refractivity contribution in [1.29, 1.82) is 0 Å². The number of Topliss-reactive ketones (excluding diaryl/α,β-unsaturated/α-hetero) is 2. The summed E-state index contributed by atoms with van der Waals surface area (Å²) in [6.07, 6.45) is 10.2. The maximum Gasteiger partial charge on any atom is 0.138 e. The minimum Gasteiger partial charge on any atom is -0.380 e. The summed E-state index contributed by atoms with van der Waals surface area (Å²) < 4.78 is 7.41. The van der Waals surface area contributed by atoms with E-state index < -0.39 is 0 Å². The van der Waals surface area contributed by atoms with Crippen LogP contribution in [-0.2, 0) is 27.3 Å². The summed E-state index contributed by atoms with van der Waals surface area (Å²) in [4.78, 5) is 24.5. The Kier molecular flexibility index (Phi) is 10.1. The molecule has 0 aromatic carbocycles. The fourth-order valence-corrected chi connectivity index (χ4v) is 4.54. The van der Waals surface area contributed by atoms with Crippen LogP contribution in [0, 0.1) is 22.7 Å². The topological polar surface area (TPSA) is 74.1 Å². The summed E-state index contributed by atoms with van der Waals surface area (Å²) in [6.45, 7) is 14.5. The van der Waals surface area contributed by atoms with Gasteiger partial charge in [-0.25, -0.2) is 4.68 Å². The van der Waals surface area contributed by atoms with Crippen molar-refractivity contribution >= 4 is 11.6 Å². The molecule has 1 aliphatic carbocycles. The van der Waals surface area contributed by atoms with Crippen LogP contribution < -0.4 is 0 Å². The van der Waals surface area contributed by atoms with Gasteiger partial charge in [0.05, 0.1) is 18.8 Å². The Morgan fingerprint density at radius 1 is 1.03 bits per heavy atom. The number of hydrogen-bond acceptors (Lipinski definition) is 5. The molecule has 1 fully saturated rings. The molecule has 0 spiro atoms. The Balaban J connectivity index is 1.59. The fraction of sp³-hybridized carbons (Fsp3) is 0.846. The van der Waals surface area contributed by atoms with E-state index in [1.54, 1.807) is 4.68 Å². The van der Waals surface area contributed by atoms with E-state index in [1.807, 2.05) is 27.0 Å². The third-order valence-corrected chi connectivity index (χ3v) is 6.41. The first-order chi connectivity index (χ1) is 14.9. The number of rotatable bonds is 12. The van der Waals surface area contributed by atoms with Gasteiger partial charge in [0.1, 0.15) is 11.6 Å². The third-order valence-electron chi connectivity index (χ3n) is 6.41. The highest BCUT2D eigenvalue weighted by molar-refractivity contribution is 5.83. The second-order valence-corrected chi connectivity index (χ2v) is 11.8. The van der Waals surface area contributed by atoms with Gasteiger partial charge in [-0.15, -0.1) is 5.10 Å². The molecular weight excluding hydrogens is 402 g/mol. The molecule has 1 heterocycles. The Bertz CT molecular complexity index is 719. The van der Waals surface area contributed by atoms with Crippen molar-refractivity contribution < 1.29 is 14.3 Å². The van der Waals surface area contributed by atoms with Crippen LogP contribution in [0.3, 0.4) is 0 Å². The van der Waals surface area contributed by atoms with E-state index in [-0.39, 0.29) is 17.1 Å². The number of carbonyl (C=O) groups excluding carboxylic acids is 2. The lowest BCUT2D eigenvalue weighted by Crippen LogP contribution is -2.24. The maximum absolute atomic E-state index is 12.7.